The number of carbonyl (C=O) groups is 3. The average molecular weight is 290 g/mol. The predicted molar refractivity (Wildman–Crippen MR) is 60.6 cm³/mol. The Balaban J connectivity index is 2.87. The van der Waals surface area contributed by atoms with Crippen LogP contribution in [0.15, 0.2) is 12.1 Å². The van der Waals surface area contributed by atoms with Gasteiger partial charge in [0.15, 0.2) is 17.7 Å². The Hall–Kier alpha value is -2.78. The summed E-state index contributed by atoms with van der Waals surface area (Å²) in [7, 11) is 0. The summed E-state index contributed by atoms with van der Waals surface area (Å²) in [5.41, 5.74) is 8.60. The van der Waals surface area contributed by atoms with E-state index in [0.717, 1.165) is 0 Å². The number of rotatable bonds is 4. The third kappa shape index (κ3) is 3.60. The van der Waals surface area contributed by atoms with E-state index in [1.54, 1.807) is 10.6 Å². The zero-order valence-corrected chi connectivity index (χ0v) is 9.75. The number of benzene rings is 1. The minimum atomic E-state index is -1.86. The fourth-order valence-corrected chi connectivity index (χ4v) is 1.22. The first kappa shape index (κ1) is 15.3. The van der Waals surface area contributed by atoms with E-state index in [1.165, 1.54) is 0 Å². The molecule has 1 rings (SSSR count). The maximum absolute atomic E-state index is 13.2. The lowest BCUT2D eigenvalue weighted by Gasteiger charge is -2.13. The van der Waals surface area contributed by atoms with Crippen molar-refractivity contribution in [3.8, 4) is 0 Å². The monoisotopic (exact) mass is 290 g/mol. The summed E-state index contributed by atoms with van der Waals surface area (Å²) in [5, 5.41) is 3.37. The van der Waals surface area contributed by atoms with Gasteiger partial charge in [-0.2, -0.15) is 0 Å². The van der Waals surface area contributed by atoms with Crippen molar-refractivity contribution in [2.75, 3.05) is 5.32 Å². The van der Waals surface area contributed by atoms with E-state index in [1.807, 2.05) is 0 Å². The van der Waals surface area contributed by atoms with Gasteiger partial charge in [0.1, 0.15) is 11.5 Å². The van der Waals surface area contributed by atoms with Crippen molar-refractivity contribution in [3.05, 3.63) is 29.6 Å². The maximum Gasteiger partial charge on any atom is 0.320 e. The summed E-state index contributed by atoms with van der Waals surface area (Å²) >= 11 is 0. The molecule has 0 atom stereocenters. The first-order chi connectivity index (χ1) is 9.22. The molecule has 1 aromatic rings. The van der Waals surface area contributed by atoms with E-state index in [9.17, 15) is 27.6 Å². The average Bonchev–Trinajstić information content (AvgIpc) is 2.29. The van der Waals surface area contributed by atoms with Crippen LogP contribution < -0.4 is 22.1 Å². The molecule has 0 aliphatic carbocycles. The number of nitrogens with one attached hydrogen (secondary N) is 2. The zero-order chi connectivity index (χ0) is 15.4. The molecule has 7 nitrogen and oxygen atoms in total. The van der Waals surface area contributed by atoms with E-state index in [-0.39, 0.29) is 0 Å². The highest BCUT2D eigenvalue weighted by atomic mass is 19.1. The van der Waals surface area contributed by atoms with Crippen LogP contribution in [0.3, 0.4) is 0 Å². The summed E-state index contributed by atoms with van der Waals surface area (Å²) in [6.45, 7) is 0. The predicted octanol–water partition coefficient (Wildman–Crippen LogP) is -0.435. The molecule has 0 aliphatic heterocycles. The number of carbonyl (C=O) groups excluding carboxylic acids is 3. The van der Waals surface area contributed by atoms with Crippen LogP contribution in [0.1, 0.15) is 0 Å². The van der Waals surface area contributed by atoms with Crippen molar-refractivity contribution < 1.29 is 27.6 Å². The van der Waals surface area contributed by atoms with Crippen LogP contribution in [0.2, 0.25) is 0 Å². The number of halogens is 3. The van der Waals surface area contributed by atoms with Gasteiger partial charge < -0.3 is 22.1 Å². The largest absolute Gasteiger partial charge is 0.367 e. The number of anilines is 1. The molecule has 0 saturated heterocycles. The molecule has 0 bridgehead atoms. The van der Waals surface area contributed by atoms with Crippen LogP contribution in [0.25, 0.3) is 0 Å². The van der Waals surface area contributed by atoms with Crippen LogP contribution in [-0.2, 0) is 9.59 Å². The molecule has 1 aromatic carbocycles. The second-order valence-electron chi connectivity index (χ2n) is 3.58. The summed E-state index contributed by atoms with van der Waals surface area (Å²) in [6.07, 6.45) is 0. The Labute approximate surface area is 110 Å². The third-order valence-corrected chi connectivity index (χ3v) is 2.09. The molecule has 0 heterocycles. The lowest BCUT2D eigenvalue weighted by molar-refractivity contribution is -0.128. The first-order valence-corrected chi connectivity index (χ1v) is 5.03. The Morgan fingerprint density at radius 2 is 1.45 bits per heavy atom. The molecule has 0 fully saturated rings. The van der Waals surface area contributed by atoms with Gasteiger partial charge in [0, 0.05) is 12.1 Å². The molecule has 0 aromatic heterocycles. The topological polar surface area (TPSA) is 127 Å². The number of hydrogen-bond donors (Lipinski definition) is 4. The summed E-state index contributed by atoms with van der Waals surface area (Å²) < 4.78 is 39.1. The second-order valence-corrected chi connectivity index (χ2v) is 3.58. The van der Waals surface area contributed by atoms with Gasteiger partial charge in [0.2, 0.25) is 11.8 Å². The molecule has 10 heteroatoms. The second kappa shape index (κ2) is 5.91. The third-order valence-electron chi connectivity index (χ3n) is 2.09. The van der Waals surface area contributed by atoms with Crippen LogP contribution in [0, 0.1) is 17.5 Å². The lowest BCUT2D eigenvalue weighted by Crippen LogP contribution is -2.53. The van der Waals surface area contributed by atoms with Crippen LogP contribution >= 0.6 is 0 Å². The highest BCUT2D eigenvalue weighted by Gasteiger charge is 2.24. The molecule has 20 heavy (non-hydrogen) atoms. The number of primary amides is 2. The minimum Gasteiger partial charge on any atom is -0.367 e. The minimum absolute atomic E-state index is 0.332. The summed E-state index contributed by atoms with van der Waals surface area (Å²) in [5.74, 6) is -6.46. The number of urea groups is 1. The fraction of sp³-hybridized carbons (Fsp3) is 0.100. The fourth-order valence-electron chi connectivity index (χ4n) is 1.22. The molecular weight excluding hydrogens is 281 g/mol. The van der Waals surface area contributed by atoms with Crippen molar-refractivity contribution in [2.24, 2.45) is 11.5 Å². The number of amides is 4. The molecular formula is C10H9F3N4O3. The van der Waals surface area contributed by atoms with Gasteiger partial charge in [-0.25, -0.2) is 18.0 Å². The van der Waals surface area contributed by atoms with Gasteiger partial charge in [0.25, 0.3) is 0 Å². The SMILES string of the molecule is NC(=O)C(NC(=O)Nc1c(F)cc(F)cc1F)C(N)=O. The van der Waals surface area contributed by atoms with Crippen LogP contribution in [0.4, 0.5) is 23.7 Å². The Bertz CT molecular complexity index is 542. The standard InChI is InChI=1S/C10H9F3N4O3/c11-3-1-4(12)6(5(13)2-3)16-10(20)17-7(8(14)18)9(15)19/h1-2,7H,(H2,14,18)(H2,15,19)(H2,16,17,20). The molecule has 0 saturated carbocycles. The summed E-state index contributed by atoms with van der Waals surface area (Å²) in [4.78, 5) is 32.9. The van der Waals surface area contributed by atoms with Crippen molar-refractivity contribution in [1.82, 2.24) is 5.32 Å². The van der Waals surface area contributed by atoms with Crippen molar-refractivity contribution in [2.45, 2.75) is 6.04 Å². The van der Waals surface area contributed by atoms with Gasteiger partial charge in [-0.05, 0) is 0 Å². The lowest BCUT2D eigenvalue weighted by atomic mass is 10.2. The van der Waals surface area contributed by atoms with E-state index in [4.69, 9.17) is 11.5 Å². The highest BCUT2D eigenvalue weighted by molar-refractivity contribution is 6.06. The quantitative estimate of drug-likeness (QED) is 0.561. The molecule has 108 valence electrons. The van der Waals surface area contributed by atoms with Crippen molar-refractivity contribution in [1.29, 1.82) is 0 Å². The normalized spacial score (nSPS) is 10.2. The van der Waals surface area contributed by atoms with Gasteiger partial charge in [0.05, 0.1) is 0 Å². The number of hydrogen-bond acceptors (Lipinski definition) is 3. The molecule has 0 unspecified atom stereocenters. The van der Waals surface area contributed by atoms with E-state index >= 15 is 0 Å². The van der Waals surface area contributed by atoms with Gasteiger partial charge in [-0.15, -0.1) is 0 Å². The molecule has 0 radical (unpaired) electrons. The Kier molecular flexibility index (Phi) is 4.51. The van der Waals surface area contributed by atoms with Gasteiger partial charge in [-0.3, -0.25) is 9.59 Å². The van der Waals surface area contributed by atoms with Crippen LogP contribution in [-0.4, -0.2) is 23.9 Å². The smallest absolute Gasteiger partial charge is 0.320 e. The number of nitrogens with two attached hydrogens (primary N) is 2. The summed E-state index contributed by atoms with van der Waals surface area (Å²) in [6, 6.07) is -2.52. The maximum atomic E-state index is 13.2. The zero-order valence-electron chi connectivity index (χ0n) is 9.75. The Morgan fingerprint density at radius 1 is 1.00 bits per heavy atom. The van der Waals surface area contributed by atoms with E-state index in [2.05, 4.69) is 0 Å². The van der Waals surface area contributed by atoms with Crippen molar-refractivity contribution >= 4 is 23.5 Å². The first-order valence-electron chi connectivity index (χ1n) is 5.03. The van der Waals surface area contributed by atoms with Gasteiger partial charge in [-0.1, -0.05) is 0 Å². The van der Waals surface area contributed by atoms with Crippen molar-refractivity contribution in [3.63, 3.8) is 0 Å². The Morgan fingerprint density at radius 3 is 1.85 bits per heavy atom. The highest BCUT2D eigenvalue weighted by Crippen LogP contribution is 2.19. The molecule has 0 spiro atoms. The molecule has 0 aliphatic rings. The van der Waals surface area contributed by atoms with Crippen LogP contribution in [0.5, 0.6) is 0 Å². The molecule has 4 amide bonds. The van der Waals surface area contributed by atoms with E-state index < -0.39 is 47.0 Å². The van der Waals surface area contributed by atoms with Gasteiger partial charge >= 0.3 is 6.03 Å². The molecule has 6 N–H and O–H groups in total. The van der Waals surface area contributed by atoms with E-state index in [0.29, 0.717) is 12.1 Å².